The molecule has 0 saturated heterocycles. The number of nitrogens with two attached hydrogens (primary N) is 1. The van der Waals surface area contributed by atoms with Gasteiger partial charge in [-0.3, -0.25) is 0 Å². The van der Waals surface area contributed by atoms with Crippen LogP contribution < -0.4 is 5.73 Å². The monoisotopic (exact) mass is 297 g/mol. The number of aryl methyl sites for hydroxylation is 1. The highest BCUT2D eigenvalue weighted by Crippen LogP contribution is 2.23. The summed E-state index contributed by atoms with van der Waals surface area (Å²) in [5.41, 5.74) is 6.63. The molecule has 1 nitrogen and oxygen atoms in total. The molecule has 1 atom stereocenters. The van der Waals surface area contributed by atoms with Gasteiger partial charge in [-0.1, -0.05) is 24.6 Å². The summed E-state index contributed by atoms with van der Waals surface area (Å²) in [6, 6.07) is 8.85. The Kier molecular flexibility index (Phi) is 4.97. The van der Waals surface area contributed by atoms with E-state index >= 15 is 0 Å². The maximum absolute atomic E-state index is 13.7. The summed E-state index contributed by atoms with van der Waals surface area (Å²) in [7, 11) is 0. The zero-order valence-corrected chi connectivity index (χ0v) is 12.4. The fraction of sp³-hybridized carbons (Fsp3) is 0.333. The van der Waals surface area contributed by atoms with Crippen molar-refractivity contribution in [3.63, 3.8) is 0 Å². The van der Waals surface area contributed by atoms with Crippen LogP contribution in [0.3, 0.4) is 0 Å². The van der Waals surface area contributed by atoms with Gasteiger partial charge in [0.15, 0.2) is 0 Å². The lowest BCUT2D eigenvalue weighted by Crippen LogP contribution is -2.25. The lowest BCUT2D eigenvalue weighted by Gasteiger charge is -2.12. The molecule has 2 aromatic rings. The van der Waals surface area contributed by atoms with Gasteiger partial charge in [-0.2, -0.15) is 0 Å². The van der Waals surface area contributed by atoms with Crippen molar-refractivity contribution in [3.8, 4) is 0 Å². The second-order valence-electron chi connectivity index (χ2n) is 4.59. The quantitative estimate of drug-likeness (QED) is 0.879. The van der Waals surface area contributed by atoms with Gasteiger partial charge in [-0.05, 0) is 43.5 Å². The molecule has 4 heteroatoms. The van der Waals surface area contributed by atoms with Gasteiger partial charge in [-0.25, -0.2) is 4.39 Å². The molecule has 0 bridgehead atoms. The van der Waals surface area contributed by atoms with Crippen molar-refractivity contribution >= 4 is 22.9 Å². The Morgan fingerprint density at radius 1 is 1.21 bits per heavy atom. The van der Waals surface area contributed by atoms with Gasteiger partial charge in [0.05, 0.1) is 0 Å². The first-order valence-electron chi connectivity index (χ1n) is 6.36. The normalized spacial score (nSPS) is 12.6. The van der Waals surface area contributed by atoms with Gasteiger partial charge < -0.3 is 5.73 Å². The molecule has 0 fully saturated rings. The van der Waals surface area contributed by atoms with Gasteiger partial charge in [0.2, 0.25) is 0 Å². The van der Waals surface area contributed by atoms with Crippen LogP contribution in [0.15, 0.2) is 30.3 Å². The van der Waals surface area contributed by atoms with E-state index in [1.165, 1.54) is 15.8 Å². The average molecular weight is 298 g/mol. The van der Waals surface area contributed by atoms with Gasteiger partial charge >= 0.3 is 0 Å². The van der Waals surface area contributed by atoms with Gasteiger partial charge in [-0.15, -0.1) is 11.3 Å². The average Bonchev–Trinajstić information content (AvgIpc) is 2.81. The Morgan fingerprint density at radius 3 is 2.58 bits per heavy atom. The van der Waals surface area contributed by atoms with Crippen LogP contribution in [0.1, 0.15) is 22.2 Å². The minimum atomic E-state index is -0.275. The van der Waals surface area contributed by atoms with Crippen LogP contribution >= 0.6 is 22.9 Å². The first-order chi connectivity index (χ1) is 9.10. The fourth-order valence-electron chi connectivity index (χ4n) is 2.04. The van der Waals surface area contributed by atoms with Crippen molar-refractivity contribution < 1.29 is 4.39 Å². The topological polar surface area (TPSA) is 26.0 Å². The van der Waals surface area contributed by atoms with E-state index in [2.05, 4.69) is 19.1 Å². The summed E-state index contributed by atoms with van der Waals surface area (Å²) in [6.45, 7) is 2.13. The summed E-state index contributed by atoms with van der Waals surface area (Å²) in [6.07, 6.45) is 2.26. The summed E-state index contributed by atoms with van der Waals surface area (Å²) < 4.78 is 13.7. The summed E-state index contributed by atoms with van der Waals surface area (Å²) >= 11 is 7.78. The lowest BCUT2D eigenvalue weighted by molar-refractivity contribution is 0.585. The molecule has 0 spiro atoms. The van der Waals surface area contributed by atoms with Gasteiger partial charge in [0.1, 0.15) is 5.82 Å². The standard InChI is InChI=1S/C15H17ClFNS/c1-2-11-6-7-12(19-11)8-10(18)9-13-14(16)4-3-5-15(13)17/h3-7,10H,2,8-9,18H2,1H3. The molecule has 0 amide bonds. The Balaban J connectivity index is 2.03. The Labute approximate surface area is 122 Å². The molecule has 0 radical (unpaired) electrons. The molecule has 0 aliphatic rings. The molecule has 0 aliphatic heterocycles. The van der Waals surface area contributed by atoms with Crippen LogP contribution in [-0.2, 0) is 19.3 Å². The van der Waals surface area contributed by atoms with Gasteiger partial charge in [0, 0.05) is 26.4 Å². The molecule has 1 unspecified atom stereocenters. The third kappa shape index (κ3) is 3.78. The van der Waals surface area contributed by atoms with Crippen LogP contribution in [0.5, 0.6) is 0 Å². The number of halogens is 2. The van der Waals surface area contributed by atoms with Crippen LogP contribution in [0.4, 0.5) is 4.39 Å². The molecule has 102 valence electrons. The second kappa shape index (κ2) is 6.51. The summed E-state index contributed by atoms with van der Waals surface area (Å²) in [5.74, 6) is -0.275. The predicted molar refractivity (Wildman–Crippen MR) is 80.5 cm³/mol. The van der Waals surface area contributed by atoms with Gasteiger partial charge in [0.25, 0.3) is 0 Å². The van der Waals surface area contributed by atoms with Crippen LogP contribution in [0.25, 0.3) is 0 Å². The van der Waals surface area contributed by atoms with Crippen LogP contribution in [0.2, 0.25) is 5.02 Å². The Morgan fingerprint density at radius 2 is 1.95 bits per heavy atom. The molecule has 2 N–H and O–H groups in total. The number of thiophene rings is 1. The molecule has 19 heavy (non-hydrogen) atoms. The Hall–Kier alpha value is -0.900. The van der Waals surface area contributed by atoms with E-state index < -0.39 is 0 Å². The molecular formula is C15H17ClFNS. The van der Waals surface area contributed by atoms with E-state index in [0.717, 1.165) is 12.8 Å². The van der Waals surface area contributed by atoms with E-state index in [1.54, 1.807) is 23.5 Å². The molecule has 1 heterocycles. The minimum Gasteiger partial charge on any atom is -0.327 e. The highest BCUT2D eigenvalue weighted by molar-refractivity contribution is 7.11. The zero-order valence-electron chi connectivity index (χ0n) is 10.8. The number of hydrogen-bond donors (Lipinski definition) is 1. The Bertz CT molecular complexity index is 533. The first-order valence-corrected chi connectivity index (χ1v) is 7.55. The zero-order chi connectivity index (χ0) is 13.8. The molecule has 1 aromatic carbocycles. The SMILES string of the molecule is CCc1ccc(CC(N)Cc2c(F)cccc2Cl)s1. The molecule has 2 rings (SSSR count). The van der Waals surface area contributed by atoms with Crippen LogP contribution in [-0.4, -0.2) is 6.04 Å². The third-order valence-electron chi connectivity index (χ3n) is 3.06. The smallest absolute Gasteiger partial charge is 0.127 e. The number of hydrogen-bond acceptors (Lipinski definition) is 2. The van der Waals surface area contributed by atoms with Crippen molar-refractivity contribution in [2.45, 2.75) is 32.2 Å². The molecule has 0 aliphatic carbocycles. The van der Waals surface area contributed by atoms with Crippen molar-refractivity contribution in [1.82, 2.24) is 0 Å². The first kappa shape index (κ1) is 14.5. The number of benzene rings is 1. The maximum atomic E-state index is 13.7. The van der Waals surface area contributed by atoms with E-state index in [-0.39, 0.29) is 11.9 Å². The lowest BCUT2D eigenvalue weighted by atomic mass is 10.0. The van der Waals surface area contributed by atoms with Crippen molar-refractivity contribution in [2.24, 2.45) is 5.73 Å². The fourth-order valence-corrected chi connectivity index (χ4v) is 3.33. The largest absolute Gasteiger partial charge is 0.327 e. The van der Waals surface area contributed by atoms with E-state index in [1.807, 2.05) is 0 Å². The number of rotatable bonds is 5. The minimum absolute atomic E-state index is 0.113. The summed E-state index contributed by atoms with van der Waals surface area (Å²) in [4.78, 5) is 2.60. The summed E-state index contributed by atoms with van der Waals surface area (Å²) in [5, 5.41) is 0.455. The molecule has 1 aromatic heterocycles. The van der Waals surface area contributed by atoms with Crippen molar-refractivity contribution in [1.29, 1.82) is 0 Å². The molecular weight excluding hydrogens is 281 g/mol. The van der Waals surface area contributed by atoms with E-state index in [0.29, 0.717) is 17.0 Å². The predicted octanol–water partition coefficient (Wildman–Crippen LogP) is 4.22. The molecule has 0 saturated carbocycles. The van der Waals surface area contributed by atoms with E-state index in [9.17, 15) is 4.39 Å². The second-order valence-corrected chi connectivity index (χ2v) is 6.25. The van der Waals surface area contributed by atoms with Crippen molar-refractivity contribution in [3.05, 3.63) is 56.5 Å². The maximum Gasteiger partial charge on any atom is 0.127 e. The van der Waals surface area contributed by atoms with Crippen LogP contribution in [0, 0.1) is 5.82 Å². The highest BCUT2D eigenvalue weighted by Gasteiger charge is 2.13. The third-order valence-corrected chi connectivity index (χ3v) is 4.66. The highest BCUT2D eigenvalue weighted by atomic mass is 35.5. The van der Waals surface area contributed by atoms with E-state index in [4.69, 9.17) is 17.3 Å². The van der Waals surface area contributed by atoms with Crippen molar-refractivity contribution in [2.75, 3.05) is 0 Å².